The molecule has 1 fully saturated rings. The predicted octanol–water partition coefficient (Wildman–Crippen LogP) is 4.41. The van der Waals surface area contributed by atoms with Crippen molar-refractivity contribution in [1.82, 2.24) is 15.0 Å². The molecule has 1 aliphatic rings. The van der Waals surface area contributed by atoms with Gasteiger partial charge in [-0.15, -0.1) is 11.3 Å². The van der Waals surface area contributed by atoms with Crippen LogP contribution in [0.5, 0.6) is 11.5 Å². The van der Waals surface area contributed by atoms with Gasteiger partial charge in [-0.2, -0.15) is 0 Å². The van der Waals surface area contributed by atoms with Gasteiger partial charge >= 0.3 is 0 Å². The van der Waals surface area contributed by atoms with Crippen LogP contribution in [0, 0.1) is 6.92 Å². The first-order valence-electron chi connectivity index (χ1n) is 10.6. The highest BCUT2D eigenvalue weighted by molar-refractivity contribution is 7.17. The van der Waals surface area contributed by atoms with Gasteiger partial charge in [-0.3, -0.25) is 0 Å². The summed E-state index contributed by atoms with van der Waals surface area (Å²) >= 11 is 1.65. The summed E-state index contributed by atoms with van der Waals surface area (Å²) in [6.45, 7) is 5.52. The molecular formula is C24H25N5O2S. The number of nitrogens with zero attached hydrogens (tertiary/aromatic N) is 5. The molecule has 3 aromatic heterocycles. The number of hydrogen-bond donors (Lipinski definition) is 0. The number of hydrogen-bond acceptors (Lipinski definition) is 8. The van der Waals surface area contributed by atoms with Gasteiger partial charge in [0.25, 0.3) is 0 Å². The number of pyridine rings is 1. The number of anilines is 2. The first kappa shape index (κ1) is 20.5. The Labute approximate surface area is 191 Å². The molecule has 1 aromatic carbocycles. The summed E-state index contributed by atoms with van der Waals surface area (Å²) in [5.41, 5.74) is 2.18. The highest BCUT2D eigenvalue weighted by Crippen LogP contribution is 2.41. The Morgan fingerprint density at radius 3 is 2.41 bits per heavy atom. The lowest BCUT2D eigenvalue weighted by Crippen LogP contribution is -2.47. The molecule has 164 valence electrons. The van der Waals surface area contributed by atoms with E-state index in [-0.39, 0.29) is 0 Å². The second-order valence-corrected chi connectivity index (χ2v) is 8.51. The third-order valence-corrected chi connectivity index (χ3v) is 6.65. The van der Waals surface area contributed by atoms with E-state index in [9.17, 15) is 0 Å². The van der Waals surface area contributed by atoms with Gasteiger partial charge in [-0.1, -0.05) is 12.1 Å². The van der Waals surface area contributed by atoms with Crippen molar-refractivity contribution in [3.05, 3.63) is 53.8 Å². The van der Waals surface area contributed by atoms with Crippen molar-refractivity contribution in [3.63, 3.8) is 0 Å². The van der Waals surface area contributed by atoms with Crippen molar-refractivity contribution in [2.24, 2.45) is 0 Å². The molecule has 1 aliphatic heterocycles. The van der Waals surface area contributed by atoms with E-state index >= 15 is 0 Å². The van der Waals surface area contributed by atoms with Crippen molar-refractivity contribution in [2.45, 2.75) is 6.92 Å². The van der Waals surface area contributed by atoms with E-state index in [2.05, 4.69) is 32.3 Å². The highest BCUT2D eigenvalue weighted by atomic mass is 32.1. The maximum Gasteiger partial charge on any atom is 0.161 e. The Hall–Kier alpha value is -3.39. The van der Waals surface area contributed by atoms with E-state index in [0.29, 0.717) is 11.5 Å². The van der Waals surface area contributed by atoms with Crippen LogP contribution in [-0.2, 0) is 0 Å². The molecule has 0 aliphatic carbocycles. The molecule has 5 rings (SSSR count). The lowest BCUT2D eigenvalue weighted by Gasteiger charge is -2.36. The molecular weight excluding hydrogens is 422 g/mol. The van der Waals surface area contributed by atoms with Crippen LogP contribution in [0.25, 0.3) is 21.3 Å². The number of methoxy groups -OCH3 is 2. The number of fused-ring (bicyclic) bond motifs is 1. The number of aromatic nitrogens is 3. The van der Waals surface area contributed by atoms with Crippen LogP contribution in [0.15, 0.2) is 48.0 Å². The van der Waals surface area contributed by atoms with Crippen LogP contribution >= 0.6 is 11.3 Å². The molecule has 4 aromatic rings. The Morgan fingerprint density at radius 2 is 1.69 bits per heavy atom. The zero-order valence-electron chi connectivity index (χ0n) is 18.4. The van der Waals surface area contributed by atoms with Crippen molar-refractivity contribution < 1.29 is 9.47 Å². The Kier molecular flexibility index (Phi) is 5.53. The number of rotatable bonds is 5. The van der Waals surface area contributed by atoms with E-state index in [0.717, 1.165) is 65.0 Å². The van der Waals surface area contributed by atoms with Gasteiger partial charge in [0.1, 0.15) is 22.3 Å². The summed E-state index contributed by atoms with van der Waals surface area (Å²) < 4.78 is 10.9. The molecule has 1 saturated heterocycles. The fraction of sp³-hybridized carbons (Fsp3) is 0.292. The topological polar surface area (TPSA) is 63.6 Å². The van der Waals surface area contributed by atoms with E-state index < -0.39 is 0 Å². The third kappa shape index (κ3) is 3.71. The molecule has 0 N–H and O–H groups in total. The molecule has 0 radical (unpaired) electrons. The SMILES string of the molecule is COc1ccc(-c2csc3nc(C)nc(N4CCN(c5ccccn5)CC4)c23)cc1OC. The summed E-state index contributed by atoms with van der Waals surface area (Å²) in [6, 6.07) is 12.1. The summed E-state index contributed by atoms with van der Waals surface area (Å²) in [4.78, 5) is 19.8. The third-order valence-electron chi connectivity index (χ3n) is 5.77. The van der Waals surface area contributed by atoms with Gasteiger partial charge in [0.15, 0.2) is 11.5 Å². The average Bonchev–Trinajstić information content (AvgIpc) is 3.27. The van der Waals surface area contributed by atoms with Gasteiger partial charge in [0.2, 0.25) is 0 Å². The van der Waals surface area contributed by atoms with Crippen molar-refractivity contribution >= 4 is 33.2 Å². The van der Waals surface area contributed by atoms with Crippen LogP contribution < -0.4 is 19.3 Å². The van der Waals surface area contributed by atoms with Crippen LogP contribution in [0.3, 0.4) is 0 Å². The maximum atomic E-state index is 5.53. The number of thiophene rings is 1. The number of piperazine rings is 1. The molecule has 4 heterocycles. The monoisotopic (exact) mass is 447 g/mol. The van der Waals surface area contributed by atoms with Gasteiger partial charge in [-0.05, 0) is 36.8 Å². The quantitative estimate of drug-likeness (QED) is 0.449. The normalized spacial score (nSPS) is 14.1. The van der Waals surface area contributed by atoms with Gasteiger partial charge < -0.3 is 19.3 Å². The minimum absolute atomic E-state index is 0.711. The lowest BCUT2D eigenvalue weighted by molar-refractivity contribution is 0.355. The van der Waals surface area contributed by atoms with Crippen molar-refractivity contribution in [3.8, 4) is 22.6 Å². The molecule has 7 nitrogen and oxygen atoms in total. The Morgan fingerprint density at radius 1 is 0.906 bits per heavy atom. The number of ether oxygens (including phenoxy) is 2. The van der Waals surface area contributed by atoms with Gasteiger partial charge in [-0.25, -0.2) is 15.0 Å². The molecule has 32 heavy (non-hydrogen) atoms. The summed E-state index contributed by atoms with van der Waals surface area (Å²) in [5, 5.41) is 3.26. The minimum atomic E-state index is 0.711. The second-order valence-electron chi connectivity index (χ2n) is 7.66. The first-order valence-corrected chi connectivity index (χ1v) is 11.4. The van der Waals surface area contributed by atoms with Crippen LogP contribution in [0.4, 0.5) is 11.6 Å². The van der Waals surface area contributed by atoms with E-state index in [4.69, 9.17) is 19.4 Å². The van der Waals surface area contributed by atoms with Crippen molar-refractivity contribution in [1.29, 1.82) is 0 Å². The lowest BCUT2D eigenvalue weighted by atomic mass is 10.0. The standard InChI is InChI=1S/C24H25N5O2S/c1-16-26-23(29-12-10-28(11-13-29)21-6-4-5-9-25-21)22-18(15-32-24(22)27-16)17-7-8-19(30-2)20(14-17)31-3/h4-9,14-15H,10-13H2,1-3H3. The molecule has 8 heteroatoms. The number of benzene rings is 1. The summed E-state index contributed by atoms with van der Waals surface area (Å²) in [6.07, 6.45) is 1.85. The zero-order valence-corrected chi connectivity index (χ0v) is 19.2. The summed E-state index contributed by atoms with van der Waals surface area (Å²) in [5.74, 6) is 4.24. The molecule has 0 unspecified atom stereocenters. The minimum Gasteiger partial charge on any atom is -0.493 e. The van der Waals surface area contributed by atoms with Crippen molar-refractivity contribution in [2.75, 3.05) is 50.2 Å². The molecule has 0 saturated carbocycles. The first-order chi connectivity index (χ1) is 15.7. The Balaban J connectivity index is 1.51. The molecule has 0 spiro atoms. The van der Waals surface area contributed by atoms with E-state index in [1.807, 2.05) is 37.4 Å². The van der Waals surface area contributed by atoms with Crippen LogP contribution in [0.2, 0.25) is 0 Å². The molecule has 0 bridgehead atoms. The van der Waals surface area contributed by atoms with Crippen LogP contribution in [-0.4, -0.2) is 55.4 Å². The maximum absolute atomic E-state index is 5.53. The predicted molar refractivity (Wildman–Crippen MR) is 129 cm³/mol. The molecule has 0 amide bonds. The van der Waals surface area contributed by atoms with Gasteiger partial charge in [0, 0.05) is 43.3 Å². The number of aryl methyl sites for hydroxylation is 1. The van der Waals surface area contributed by atoms with Crippen LogP contribution in [0.1, 0.15) is 5.82 Å². The zero-order chi connectivity index (χ0) is 22.1. The smallest absolute Gasteiger partial charge is 0.161 e. The fourth-order valence-corrected chi connectivity index (χ4v) is 5.15. The second kappa shape index (κ2) is 8.63. The Bertz CT molecular complexity index is 1240. The fourth-order valence-electron chi connectivity index (χ4n) is 4.16. The van der Waals surface area contributed by atoms with Gasteiger partial charge in [0.05, 0.1) is 19.6 Å². The average molecular weight is 448 g/mol. The molecule has 0 atom stereocenters. The largest absolute Gasteiger partial charge is 0.493 e. The highest BCUT2D eigenvalue weighted by Gasteiger charge is 2.24. The summed E-state index contributed by atoms with van der Waals surface area (Å²) in [7, 11) is 3.31. The van der Waals surface area contributed by atoms with E-state index in [1.54, 1.807) is 25.6 Å². The van der Waals surface area contributed by atoms with E-state index in [1.165, 1.54) is 0 Å².